The Morgan fingerprint density at radius 1 is 1.19 bits per heavy atom. The molecule has 1 aromatic carbocycles. The molecule has 7 heteroatoms. The van der Waals surface area contributed by atoms with E-state index in [2.05, 4.69) is 23.8 Å². The number of benzene rings is 1. The summed E-state index contributed by atoms with van der Waals surface area (Å²) in [5, 5.41) is 0. The Balaban J connectivity index is 0.000000540. The topological polar surface area (TPSA) is 47.8 Å². The molecule has 0 fully saturated rings. The first-order chi connectivity index (χ1) is 12.7. The summed E-state index contributed by atoms with van der Waals surface area (Å²) in [5.41, 5.74) is 1.77. The van der Waals surface area contributed by atoms with E-state index in [0.29, 0.717) is 11.5 Å². The number of carbonyl (C=O) groups is 1. The van der Waals surface area contributed by atoms with Crippen LogP contribution in [-0.2, 0) is 18.0 Å². The number of nitrogens with zero attached hydrogens (tertiary/aromatic N) is 3. The number of pyridine rings is 1. The van der Waals surface area contributed by atoms with Gasteiger partial charge in [0.2, 0.25) is 0 Å². The fourth-order valence-electron chi connectivity index (χ4n) is 2.30. The van der Waals surface area contributed by atoms with Gasteiger partial charge in [-0.3, -0.25) is 0 Å². The van der Waals surface area contributed by atoms with E-state index in [1.807, 2.05) is 31.2 Å². The van der Waals surface area contributed by atoms with Gasteiger partial charge >= 0.3 is 6.18 Å². The average molecular weight is 379 g/mol. The van der Waals surface area contributed by atoms with Crippen molar-refractivity contribution >= 4 is 17.5 Å². The Morgan fingerprint density at radius 3 is 2.26 bits per heavy atom. The number of imidazole rings is 1. The lowest BCUT2D eigenvalue weighted by molar-refractivity contribution is -0.137. The van der Waals surface area contributed by atoms with Crippen molar-refractivity contribution in [3.8, 4) is 11.4 Å². The number of hydrogen-bond acceptors (Lipinski definition) is 3. The number of halogens is 3. The van der Waals surface area contributed by atoms with Crippen LogP contribution in [0.5, 0.6) is 0 Å². The molecule has 0 aliphatic heterocycles. The van der Waals surface area contributed by atoms with Crippen LogP contribution in [-0.4, -0.2) is 20.8 Å². The minimum atomic E-state index is -4.42. The SMILES string of the molecule is CC=O.CCC.Cc1ccccc1-c1nc2cc(C(F)(F)F)cnc2n1C. The minimum Gasteiger partial charge on any atom is -0.312 e. The van der Waals surface area contributed by atoms with Crippen molar-refractivity contribution in [3.63, 3.8) is 0 Å². The van der Waals surface area contributed by atoms with Gasteiger partial charge in [-0.1, -0.05) is 44.5 Å². The third-order valence-electron chi connectivity index (χ3n) is 3.42. The summed E-state index contributed by atoms with van der Waals surface area (Å²) in [7, 11) is 1.75. The standard InChI is InChI=1S/C15H12F3N3.C3H8.C2H4O/c1-9-5-3-4-6-11(9)13-20-12-7-10(15(16,17)18)8-19-14(12)21(13)2;1-3-2;1-2-3/h3-8H,1-2H3;3H2,1-2H3;2H,1H3. The van der Waals surface area contributed by atoms with E-state index in [0.717, 1.165) is 29.7 Å². The first-order valence-electron chi connectivity index (χ1n) is 8.56. The maximum atomic E-state index is 12.7. The lowest BCUT2D eigenvalue weighted by Gasteiger charge is -2.06. The summed E-state index contributed by atoms with van der Waals surface area (Å²) >= 11 is 0. The minimum absolute atomic E-state index is 0.241. The molecule has 0 spiro atoms. The van der Waals surface area contributed by atoms with Gasteiger partial charge < -0.3 is 9.36 Å². The van der Waals surface area contributed by atoms with Crippen molar-refractivity contribution < 1.29 is 18.0 Å². The molecule has 0 aliphatic rings. The molecule has 0 N–H and O–H groups in total. The van der Waals surface area contributed by atoms with Gasteiger partial charge in [-0.2, -0.15) is 13.2 Å². The summed E-state index contributed by atoms with van der Waals surface area (Å²) < 4.78 is 39.9. The second kappa shape index (κ2) is 9.85. The molecule has 4 nitrogen and oxygen atoms in total. The van der Waals surface area contributed by atoms with E-state index in [1.54, 1.807) is 11.6 Å². The van der Waals surface area contributed by atoms with E-state index in [-0.39, 0.29) is 5.52 Å². The van der Waals surface area contributed by atoms with E-state index in [4.69, 9.17) is 4.79 Å². The van der Waals surface area contributed by atoms with E-state index < -0.39 is 11.7 Å². The predicted octanol–water partition coefficient (Wildman–Crippen LogP) is 5.58. The Kier molecular flexibility index (Phi) is 8.15. The van der Waals surface area contributed by atoms with Crippen molar-refractivity contribution in [3.05, 3.63) is 47.7 Å². The Hall–Kier alpha value is -2.70. The summed E-state index contributed by atoms with van der Waals surface area (Å²) in [6.07, 6.45) is -1.58. The third-order valence-corrected chi connectivity index (χ3v) is 3.42. The highest BCUT2D eigenvalue weighted by Crippen LogP contribution is 2.31. The normalized spacial score (nSPS) is 10.5. The van der Waals surface area contributed by atoms with Crippen LogP contribution in [0.25, 0.3) is 22.6 Å². The Labute approximate surface area is 157 Å². The van der Waals surface area contributed by atoms with Gasteiger partial charge in [-0.05, 0) is 25.5 Å². The van der Waals surface area contributed by atoms with Crippen molar-refractivity contribution in [2.75, 3.05) is 0 Å². The zero-order chi connectivity index (χ0) is 20.6. The molecule has 2 aromatic heterocycles. The Bertz CT molecular complexity index is 886. The summed E-state index contributed by atoms with van der Waals surface area (Å²) in [5.74, 6) is 0.606. The molecule has 27 heavy (non-hydrogen) atoms. The van der Waals surface area contributed by atoms with Gasteiger partial charge in [0.15, 0.2) is 5.65 Å². The van der Waals surface area contributed by atoms with Gasteiger partial charge in [0.1, 0.15) is 17.6 Å². The molecule has 0 amide bonds. The number of aldehydes is 1. The van der Waals surface area contributed by atoms with Crippen LogP contribution >= 0.6 is 0 Å². The predicted molar refractivity (Wildman–Crippen MR) is 101 cm³/mol. The van der Waals surface area contributed by atoms with Gasteiger partial charge in [0, 0.05) is 18.8 Å². The molecule has 2 heterocycles. The van der Waals surface area contributed by atoms with Crippen LogP contribution in [0.15, 0.2) is 36.5 Å². The Morgan fingerprint density at radius 2 is 1.74 bits per heavy atom. The van der Waals surface area contributed by atoms with Gasteiger partial charge in [-0.15, -0.1) is 0 Å². The second-order valence-corrected chi connectivity index (χ2v) is 5.82. The van der Waals surface area contributed by atoms with Crippen LogP contribution in [0.1, 0.15) is 38.3 Å². The number of hydrogen-bond donors (Lipinski definition) is 0. The number of aryl methyl sites for hydroxylation is 2. The molecule has 0 atom stereocenters. The first-order valence-corrected chi connectivity index (χ1v) is 8.56. The highest BCUT2D eigenvalue weighted by molar-refractivity contribution is 5.78. The van der Waals surface area contributed by atoms with Gasteiger partial charge in [0.05, 0.1) is 5.56 Å². The molecule has 0 saturated heterocycles. The second-order valence-electron chi connectivity index (χ2n) is 5.82. The molecular weight excluding hydrogens is 355 g/mol. The summed E-state index contributed by atoms with van der Waals surface area (Å²) in [6, 6.07) is 8.63. The molecule has 146 valence electrons. The van der Waals surface area contributed by atoms with Crippen LogP contribution in [0, 0.1) is 6.92 Å². The maximum absolute atomic E-state index is 12.7. The van der Waals surface area contributed by atoms with Gasteiger partial charge in [0.25, 0.3) is 0 Å². The van der Waals surface area contributed by atoms with Crippen LogP contribution in [0.2, 0.25) is 0 Å². The van der Waals surface area contributed by atoms with Crippen molar-refractivity contribution in [1.82, 2.24) is 14.5 Å². The van der Waals surface area contributed by atoms with Crippen molar-refractivity contribution in [1.29, 1.82) is 0 Å². The number of rotatable bonds is 1. The molecule has 0 aliphatic carbocycles. The van der Waals surface area contributed by atoms with Crippen LogP contribution in [0.3, 0.4) is 0 Å². The fourth-order valence-corrected chi connectivity index (χ4v) is 2.30. The first kappa shape index (κ1) is 22.3. The monoisotopic (exact) mass is 379 g/mol. The van der Waals surface area contributed by atoms with Crippen LogP contribution < -0.4 is 0 Å². The van der Waals surface area contributed by atoms with E-state index >= 15 is 0 Å². The fraction of sp³-hybridized carbons (Fsp3) is 0.350. The number of aromatic nitrogens is 3. The largest absolute Gasteiger partial charge is 0.417 e. The molecule has 0 saturated carbocycles. The highest BCUT2D eigenvalue weighted by atomic mass is 19.4. The number of alkyl halides is 3. The van der Waals surface area contributed by atoms with E-state index in [9.17, 15) is 13.2 Å². The molecule has 3 aromatic rings. The summed E-state index contributed by atoms with van der Waals surface area (Å²) in [4.78, 5) is 17.0. The quantitative estimate of drug-likeness (QED) is 0.518. The number of fused-ring (bicyclic) bond motifs is 1. The average Bonchev–Trinajstić information content (AvgIpc) is 2.92. The molecule has 3 rings (SSSR count). The van der Waals surface area contributed by atoms with Crippen molar-refractivity contribution in [2.45, 2.75) is 40.3 Å². The third kappa shape index (κ3) is 5.64. The molecule has 0 radical (unpaired) electrons. The van der Waals surface area contributed by atoms with E-state index in [1.165, 1.54) is 13.3 Å². The van der Waals surface area contributed by atoms with Crippen molar-refractivity contribution in [2.24, 2.45) is 7.05 Å². The lowest BCUT2D eigenvalue weighted by atomic mass is 10.1. The molecular formula is C20H24F3N3O. The smallest absolute Gasteiger partial charge is 0.312 e. The molecule has 0 unspecified atom stereocenters. The zero-order valence-electron chi connectivity index (χ0n) is 16.1. The molecule has 0 bridgehead atoms. The highest BCUT2D eigenvalue weighted by Gasteiger charge is 2.31. The lowest BCUT2D eigenvalue weighted by Crippen LogP contribution is -2.05. The van der Waals surface area contributed by atoms with Crippen LogP contribution in [0.4, 0.5) is 13.2 Å². The summed E-state index contributed by atoms with van der Waals surface area (Å²) in [6.45, 7) is 7.63. The maximum Gasteiger partial charge on any atom is 0.417 e. The zero-order valence-corrected chi connectivity index (χ0v) is 16.1. The van der Waals surface area contributed by atoms with Gasteiger partial charge in [-0.25, -0.2) is 9.97 Å². The number of carbonyl (C=O) groups excluding carboxylic acids is 1.